The fraction of sp³-hybridized carbons (Fsp3) is 0.400. The molecule has 2 heterocycles. The first kappa shape index (κ1) is 13.6. The summed E-state index contributed by atoms with van der Waals surface area (Å²) < 4.78 is 5.61. The third-order valence-electron chi connectivity index (χ3n) is 3.68. The fourth-order valence-corrected chi connectivity index (χ4v) is 2.54. The maximum absolute atomic E-state index is 12.2. The van der Waals surface area contributed by atoms with Crippen LogP contribution in [0.4, 0.5) is 0 Å². The third kappa shape index (κ3) is 2.89. The SMILES string of the molecule is Cc1ccc2c(c1)C(NC(=O)C1=NNC(=O)CC1)CCO2. The highest BCUT2D eigenvalue weighted by Gasteiger charge is 2.26. The molecule has 2 aliphatic heterocycles. The monoisotopic (exact) mass is 287 g/mol. The van der Waals surface area contributed by atoms with Crippen molar-refractivity contribution in [1.29, 1.82) is 0 Å². The number of hydrogen-bond donors (Lipinski definition) is 2. The molecule has 0 aliphatic carbocycles. The number of nitrogens with zero attached hydrogens (tertiary/aromatic N) is 1. The minimum absolute atomic E-state index is 0.0820. The maximum atomic E-state index is 12.2. The second kappa shape index (κ2) is 5.55. The average Bonchev–Trinajstić information content (AvgIpc) is 2.48. The zero-order chi connectivity index (χ0) is 14.8. The fourth-order valence-electron chi connectivity index (χ4n) is 2.54. The van der Waals surface area contributed by atoms with E-state index in [0.29, 0.717) is 25.2 Å². The maximum Gasteiger partial charge on any atom is 0.267 e. The molecular weight excluding hydrogens is 270 g/mol. The van der Waals surface area contributed by atoms with Crippen LogP contribution in [0.5, 0.6) is 5.75 Å². The number of fused-ring (bicyclic) bond motifs is 1. The van der Waals surface area contributed by atoms with E-state index in [-0.39, 0.29) is 17.9 Å². The van der Waals surface area contributed by atoms with Gasteiger partial charge >= 0.3 is 0 Å². The van der Waals surface area contributed by atoms with Gasteiger partial charge in [-0.25, -0.2) is 5.43 Å². The lowest BCUT2D eigenvalue weighted by Gasteiger charge is -2.27. The van der Waals surface area contributed by atoms with Crippen molar-refractivity contribution in [2.75, 3.05) is 6.61 Å². The molecule has 2 N–H and O–H groups in total. The van der Waals surface area contributed by atoms with Crippen LogP contribution in [0.25, 0.3) is 0 Å². The quantitative estimate of drug-likeness (QED) is 0.857. The van der Waals surface area contributed by atoms with Crippen LogP contribution >= 0.6 is 0 Å². The molecule has 110 valence electrons. The molecule has 6 heteroatoms. The van der Waals surface area contributed by atoms with Gasteiger partial charge in [0, 0.05) is 24.8 Å². The summed E-state index contributed by atoms with van der Waals surface area (Å²) >= 11 is 0. The van der Waals surface area contributed by atoms with Crippen LogP contribution in [-0.4, -0.2) is 24.1 Å². The molecule has 0 saturated heterocycles. The summed E-state index contributed by atoms with van der Waals surface area (Å²) in [4.78, 5) is 23.3. The largest absolute Gasteiger partial charge is 0.493 e. The molecule has 0 radical (unpaired) electrons. The first-order valence-corrected chi connectivity index (χ1v) is 7.03. The van der Waals surface area contributed by atoms with Gasteiger partial charge in [-0.1, -0.05) is 17.7 Å². The summed E-state index contributed by atoms with van der Waals surface area (Å²) in [6.45, 7) is 2.58. The highest BCUT2D eigenvalue weighted by molar-refractivity contribution is 6.39. The van der Waals surface area contributed by atoms with Gasteiger partial charge in [0.1, 0.15) is 11.5 Å². The van der Waals surface area contributed by atoms with Crippen LogP contribution in [0.1, 0.15) is 36.4 Å². The van der Waals surface area contributed by atoms with E-state index < -0.39 is 0 Å². The minimum atomic E-state index is -0.227. The zero-order valence-electron chi connectivity index (χ0n) is 11.8. The van der Waals surface area contributed by atoms with Crippen molar-refractivity contribution in [3.8, 4) is 5.75 Å². The molecule has 1 aromatic rings. The van der Waals surface area contributed by atoms with Gasteiger partial charge in [0.2, 0.25) is 5.91 Å². The van der Waals surface area contributed by atoms with E-state index in [1.54, 1.807) is 0 Å². The molecule has 3 rings (SSSR count). The summed E-state index contributed by atoms with van der Waals surface area (Å²) in [5.74, 6) is 0.434. The minimum Gasteiger partial charge on any atom is -0.493 e. The molecule has 2 aliphatic rings. The molecular formula is C15H17N3O3. The topological polar surface area (TPSA) is 79.8 Å². The number of amides is 2. The Balaban J connectivity index is 1.76. The normalized spacial score (nSPS) is 20.7. The Morgan fingerprint density at radius 3 is 3.05 bits per heavy atom. The van der Waals surface area contributed by atoms with E-state index in [1.807, 2.05) is 25.1 Å². The number of benzene rings is 1. The van der Waals surface area contributed by atoms with Gasteiger partial charge in [-0.05, 0) is 13.0 Å². The molecule has 0 aromatic heterocycles. The summed E-state index contributed by atoms with van der Waals surface area (Å²) in [7, 11) is 0. The van der Waals surface area contributed by atoms with Crippen molar-refractivity contribution in [2.45, 2.75) is 32.2 Å². The number of ether oxygens (including phenoxy) is 1. The Labute approximate surface area is 122 Å². The van der Waals surface area contributed by atoms with Gasteiger partial charge in [-0.3, -0.25) is 9.59 Å². The number of nitrogens with one attached hydrogen (secondary N) is 2. The van der Waals surface area contributed by atoms with E-state index in [4.69, 9.17) is 4.74 Å². The number of carbonyl (C=O) groups is 2. The van der Waals surface area contributed by atoms with Gasteiger partial charge in [0.05, 0.1) is 12.6 Å². The summed E-state index contributed by atoms with van der Waals surface area (Å²) in [5, 5.41) is 6.81. The predicted octanol–water partition coefficient (Wildman–Crippen LogP) is 1.20. The lowest BCUT2D eigenvalue weighted by atomic mass is 9.98. The molecule has 1 unspecified atom stereocenters. The smallest absolute Gasteiger partial charge is 0.267 e. The molecule has 0 fully saturated rings. The van der Waals surface area contributed by atoms with E-state index >= 15 is 0 Å². The van der Waals surface area contributed by atoms with E-state index in [1.165, 1.54) is 0 Å². The van der Waals surface area contributed by atoms with Gasteiger partial charge in [0.15, 0.2) is 0 Å². The molecule has 1 atom stereocenters. The molecule has 0 bridgehead atoms. The number of aryl methyl sites for hydroxylation is 1. The summed E-state index contributed by atoms with van der Waals surface area (Å²) in [6, 6.07) is 5.87. The van der Waals surface area contributed by atoms with E-state index in [0.717, 1.165) is 23.3 Å². The summed E-state index contributed by atoms with van der Waals surface area (Å²) in [5.41, 5.74) is 4.83. The van der Waals surface area contributed by atoms with Crippen LogP contribution < -0.4 is 15.5 Å². The predicted molar refractivity (Wildman–Crippen MR) is 77.0 cm³/mol. The first-order valence-electron chi connectivity index (χ1n) is 7.03. The first-order chi connectivity index (χ1) is 10.1. The van der Waals surface area contributed by atoms with Crippen LogP contribution in [0.15, 0.2) is 23.3 Å². The van der Waals surface area contributed by atoms with Crippen molar-refractivity contribution in [3.63, 3.8) is 0 Å². The number of carbonyl (C=O) groups excluding carboxylic acids is 2. The lowest BCUT2D eigenvalue weighted by molar-refractivity contribution is -0.121. The van der Waals surface area contributed by atoms with Gasteiger partial charge < -0.3 is 10.1 Å². The molecule has 0 spiro atoms. The molecule has 21 heavy (non-hydrogen) atoms. The zero-order valence-corrected chi connectivity index (χ0v) is 11.8. The Bertz CT molecular complexity index is 625. The Morgan fingerprint density at radius 1 is 1.43 bits per heavy atom. The van der Waals surface area contributed by atoms with Crippen molar-refractivity contribution in [2.24, 2.45) is 5.10 Å². The molecule has 1 aromatic carbocycles. The Morgan fingerprint density at radius 2 is 2.29 bits per heavy atom. The van der Waals surface area contributed by atoms with Crippen molar-refractivity contribution < 1.29 is 14.3 Å². The second-order valence-electron chi connectivity index (χ2n) is 5.30. The molecule has 6 nitrogen and oxygen atoms in total. The van der Waals surface area contributed by atoms with Gasteiger partial charge in [-0.2, -0.15) is 5.10 Å². The number of rotatable bonds is 2. The van der Waals surface area contributed by atoms with Crippen LogP contribution in [0, 0.1) is 6.92 Å². The van der Waals surface area contributed by atoms with Crippen LogP contribution in [0.3, 0.4) is 0 Å². The molecule has 2 amide bonds. The second-order valence-corrected chi connectivity index (χ2v) is 5.30. The van der Waals surface area contributed by atoms with Crippen LogP contribution in [-0.2, 0) is 9.59 Å². The lowest BCUT2D eigenvalue weighted by Crippen LogP contribution is -2.40. The Kier molecular flexibility index (Phi) is 3.60. The van der Waals surface area contributed by atoms with Gasteiger partial charge in [0.25, 0.3) is 5.91 Å². The number of hydrogen-bond acceptors (Lipinski definition) is 4. The highest BCUT2D eigenvalue weighted by Crippen LogP contribution is 2.32. The van der Waals surface area contributed by atoms with Crippen molar-refractivity contribution >= 4 is 17.5 Å². The highest BCUT2D eigenvalue weighted by atomic mass is 16.5. The summed E-state index contributed by atoms with van der Waals surface area (Å²) in [6.07, 6.45) is 1.40. The van der Waals surface area contributed by atoms with Crippen LogP contribution in [0.2, 0.25) is 0 Å². The van der Waals surface area contributed by atoms with E-state index in [9.17, 15) is 9.59 Å². The van der Waals surface area contributed by atoms with Gasteiger partial charge in [-0.15, -0.1) is 0 Å². The third-order valence-corrected chi connectivity index (χ3v) is 3.68. The standard InChI is InChI=1S/C15H17N3O3/c1-9-2-4-13-10(8-9)11(6-7-21-13)16-15(20)12-3-5-14(19)18-17-12/h2,4,8,11H,3,5-7H2,1H3,(H,16,20)(H,18,19). The van der Waals surface area contributed by atoms with Crippen molar-refractivity contribution in [3.05, 3.63) is 29.3 Å². The van der Waals surface area contributed by atoms with E-state index in [2.05, 4.69) is 15.8 Å². The number of hydrazone groups is 1. The van der Waals surface area contributed by atoms with Crippen molar-refractivity contribution in [1.82, 2.24) is 10.7 Å². The average molecular weight is 287 g/mol. The Hall–Kier alpha value is -2.37. The molecule has 0 saturated carbocycles.